The molecule has 0 aromatic heterocycles. The summed E-state index contributed by atoms with van der Waals surface area (Å²) in [7, 11) is -2.62. The average molecular weight is 666 g/mol. The largest absolute Gasteiger partial charge is 0.493 e. The zero-order valence-electron chi connectivity index (χ0n) is 21.2. The normalized spacial score (nSPS) is 16.8. The molecule has 0 aliphatic carbocycles. The van der Waals surface area contributed by atoms with Gasteiger partial charge in [-0.25, -0.2) is 12.7 Å². The first-order chi connectivity index (χ1) is 18.8. The van der Waals surface area contributed by atoms with Gasteiger partial charge in [0.2, 0.25) is 11.8 Å². The summed E-state index contributed by atoms with van der Waals surface area (Å²) in [6, 6.07) is 12.2. The number of benzene rings is 3. The third-order valence-corrected chi connectivity index (χ3v) is 10.1. The maximum Gasteiger partial charge on any atom is 0.267 e. The van der Waals surface area contributed by atoms with Gasteiger partial charge in [0, 0.05) is 55.3 Å². The van der Waals surface area contributed by atoms with E-state index in [4.69, 9.17) is 9.47 Å². The fourth-order valence-corrected chi connectivity index (χ4v) is 7.79. The number of sulfonamides is 1. The highest BCUT2D eigenvalue weighted by atomic mass is 127. The van der Waals surface area contributed by atoms with Gasteiger partial charge in [0.05, 0.1) is 15.1 Å². The Bertz CT molecular complexity index is 1560. The van der Waals surface area contributed by atoms with Gasteiger partial charge >= 0.3 is 0 Å². The van der Waals surface area contributed by atoms with Crippen LogP contribution in [0.1, 0.15) is 24.8 Å². The SMILES string of the molecule is COCCCNc1ccc(NC(=O)C2CCC(=O)N2S(=O)(=O)c2ccc3c(c2)CCO3)c2cccc(I=O)c12. The van der Waals surface area contributed by atoms with Crippen molar-refractivity contribution in [1.29, 1.82) is 0 Å². The summed E-state index contributed by atoms with van der Waals surface area (Å²) in [6.45, 7) is 1.71. The van der Waals surface area contributed by atoms with Crippen molar-refractivity contribution in [2.24, 2.45) is 0 Å². The quantitative estimate of drug-likeness (QED) is 0.245. The topological polar surface area (TPSA) is 131 Å². The molecule has 1 unspecified atom stereocenters. The minimum Gasteiger partial charge on any atom is -0.493 e. The van der Waals surface area contributed by atoms with Crippen molar-refractivity contribution in [2.45, 2.75) is 36.6 Å². The van der Waals surface area contributed by atoms with Crippen molar-refractivity contribution in [2.75, 3.05) is 37.5 Å². The monoisotopic (exact) mass is 665 g/mol. The maximum absolute atomic E-state index is 13.5. The second-order valence-corrected chi connectivity index (χ2v) is 12.7. The molecule has 1 atom stereocenters. The van der Waals surface area contributed by atoms with Crippen molar-refractivity contribution in [1.82, 2.24) is 4.31 Å². The third-order valence-electron chi connectivity index (χ3n) is 6.85. The van der Waals surface area contributed by atoms with Gasteiger partial charge < -0.3 is 20.1 Å². The second kappa shape index (κ2) is 11.6. The number of carbonyl (C=O) groups is 2. The molecule has 2 heterocycles. The standard InChI is InChI=1S/C27H28IN3O7S/c1-37-14-3-13-29-22-8-7-21(19-4-2-5-20(28-34)26(19)22)30-27(33)23-9-11-25(32)31(23)39(35,36)18-6-10-24-17(16-18)12-15-38-24/h2,4-8,10,16,23,29H,3,9,11-15H2,1H3,(H,30,33). The summed E-state index contributed by atoms with van der Waals surface area (Å²) in [5.74, 6) is -0.594. The van der Waals surface area contributed by atoms with Gasteiger partial charge in [-0.3, -0.25) is 12.7 Å². The summed E-state index contributed by atoms with van der Waals surface area (Å²) in [4.78, 5) is 26.2. The van der Waals surface area contributed by atoms with Crippen LogP contribution in [-0.4, -0.2) is 57.4 Å². The number of anilines is 2. The zero-order chi connectivity index (χ0) is 27.6. The summed E-state index contributed by atoms with van der Waals surface area (Å²) in [6.07, 6.45) is 1.38. The van der Waals surface area contributed by atoms with Crippen LogP contribution in [0.3, 0.4) is 0 Å². The number of amides is 2. The van der Waals surface area contributed by atoms with Crippen molar-refractivity contribution >= 4 is 65.2 Å². The average Bonchev–Trinajstić information content (AvgIpc) is 3.58. The Balaban J connectivity index is 1.44. The number of carbonyl (C=O) groups excluding carboxylic acids is 2. The summed E-state index contributed by atoms with van der Waals surface area (Å²) < 4.78 is 51.1. The smallest absolute Gasteiger partial charge is 0.267 e. The molecule has 5 rings (SSSR count). The summed E-state index contributed by atoms with van der Waals surface area (Å²) in [5.41, 5.74) is 1.98. The first kappa shape index (κ1) is 27.5. The van der Waals surface area contributed by atoms with Gasteiger partial charge in [-0.15, -0.1) is 0 Å². The highest BCUT2D eigenvalue weighted by Gasteiger charge is 2.44. The molecule has 10 nitrogen and oxygen atoms in total. The van der Waals surface area contributed by atoms with Crippen LogP contribution >= 0.6 is 21.2 Å². The lowest BCUT2D eigenvalue weighted by Crippen LogP contribution is -2.45. The molecule has 3 aromatic rings. The number of rotatable bonds is 10. The van der Waals surface area contributed by atoms with E-state index in [1.807, 2.05) is 6.07 Å². The number of hydrogen-bond acceptors (Lipinski definition) is 8. The van der Waals surface area contributed by atoms with Crippen LogP contribution in [0, 0.1) is 3.57 Å². The van der Waals surface area contributed by atoms with Crippen molar-refractivity contribution in [3.63, 3.8) is 0 Å². The highest BCUT2D eigenvalue weighted by molar-refractivity contribution is 14.1. The van der Waals surface area contributed by atoms with E-state index in [0.717, 1.165) is 23.1 Å². The lowest BCUT2D eigenvalue weighted by molar-refractivity contribution is -0.128. The first-order valence-electron chi connectivity index (χ1n) is 12.5. The van der Waals surface area contributed by atoms with Gasteiger partial charge in [0.15, 0.2) is 21.2 Å². The second-order valence-electron chi connectivity index (χ2n) is 9.28. The Morgan fingerprint density at radius 2 is 1.97 bits per heavy atom. The molecule has 0 bridgehead atoms. The van der Waals surface area contributed by atoms with E-state index < -0.39 is 49.1 Å². The molecule has 2 amide bonds. The summed E-state index contributed by atoms with van der Waals surface area (Å²) >= 11 is -1.50. The molecule has 39 heavy (non-hydrogen) atoms. The fraction of sp³-hybridized carbons (Fsp3) is 0.333. The lowest BCUT2D eigenvalue weighted by Gasteiger charge is -2.24. The predicted octanol–water partition coefficient (Wildman–Crippen LogP) is 4.03. The Morgan fingerprint density at radius 3 is 2.77 bits per heavy atom. The van der Waals surface area contributed by atoms with Crippen LogP contribution in [0.15, 0.2) is 53.4 Å². The van der Waals surface area contributed by atoms with E-state index in [1.165, 1.54) is 12.1 Å². The molecule has 2 aliphatic heterocycles. The van der Waals surface area contributed by atoms with Crippen LogP contribution in [0.5, 0.6) is 5.75 Å². The van der Waals surface area contributed by atoms with Crippen LogP contribution < -0.4 is 15.4 Å². The number of hydrogen-bond donors (Lipinski definition) is 2. The van der Waals surface area contributed by atoms with Crippen LogP contribution in [0.2, 0.25) is 0 Å². The number of nitrogens with one attached hydrogen (secondary N) is 2. The lowest BCUT2D eigenvalue weighted by atomic mass is 10.1. The van der Waals surface area contributed by atoms with Crippen molar-refractivity contribution in [3.8, 4) is 5.75 Å². The first-order valence-corrected chi connectivity index (χ1v) is 15.9. The minimum atomic E-state index is -4.26. The molecule has 12 heteroatoms. The van der Waals surface area contributed by atoms with E-state index in [0.29, 0.717) is 50.9 Å². The minimum absolute atomic E-state index is 0.0434. The molecule has 2 N–H and O–H groups in total. The van der Waals surface area contributed by atoms with E-state index in [9.17, 15) is 21.1 Å². The van der Waals surface area contributed by atoms with Crippen LogP contribution in [0.4, 0.5) is 11.4 Å². The zero-order valence-corrected chi connectivity index (χ0v) is 24.2. The molecule has 2 aliphatic rings. The molecular weight excluding hydrogens is 637 g/mol. The Kier molecular flexibility index (Phi) is 8.14. The Hall–Kier alpha value is -3.10. The molecule has 1 fully saturated rings. The maximum atomic E-state index is 13.5. The number of ether oxygens (including phenoxy) is 2. The van der Waals surface area contributed by atoms with Gasteiger partial charge in [-0.2, -0.15) is 0 Å². The van der Waals surface area contributed by atoms with Crippen molar-refractivity contribution in [3.05, 3.63) is 57.7 Å². The van der Waals surface area contributed by atoms with E-state index >= 15 is 0 Å². The number of fused-ring (bicyclic) bond motifs is 2. The molecule has 0 saturated carbocycles. The van der Waals surface area contributed by atoms with E-state index in [2.05, 4.69) is 10.6 Å². The van der Waals surface area contributed by atoms with Gasteiger partial charge in [0.1, 0.15) is 11.8 Å². The Morgan fingerprint density at radius 1 is 1.15 bits per heavy atom. The van der Waals surface area contributed by atoms with Crippen LogP contribution in [0.25, 0.3) is 10.8 Å². The van der Waals surface area contributed by atoms with Crippen molar-refractivity contribution < 1.29 is 30.5 Å². The predicted molar refractivity (Wildman–Crippen MR) is 154 cm³/mol. The molecule has 1 saturated heterocycles. The fourth-order valence-electron chi connectivity index (χ4n) is 4.98. The molecule has 0 spiro atoms. The number of halogens is 1. The molecule has 206 valence electrons. The molecule has 0 radical (unpaired) electrons. The van der Waals surface area contributed by atoms with Gasteiger partial charge in [-0.1, -0.05) is 12.1 Å². The summed E-state index contributed by atoms with van der Waals surface area (Å²) in [5, 5.41) is 7.60. The van der Waals surface area contributed by atoms with Gasteiger partial charge in [0.25, 0.3) is 10.0 Å². The third kappa shape index (κ3) is 5.37. The molecule has 3 aromatic carbocycles. The van der Waals surface area contributed by atoms with E-state index in [1.54, 1.807) is 37.4 Å². The number of nitrogens with zero attached hydrogens (tertiary/aromatic N) is 1. The highest BCUT2D eigenvalue weighted by Crippen LogP contribution is 2.36. The number of methoxy groups -OCH3 is 1. The Labute approximate surface area is 236 Å². The molecular formula is C27H28IN3O7S. The van der Waals surface area contributed by atoms with E-state index in [-0.39, 0.29) is 17.7 Å². The van der Waals surface area contributed by atoms with Crippen LogP contribution in [-0.2, 0) is 33.8 Å². The van der Waals surface area contributed by atoms with Gasteiger partial charge in [-0.05, 0) is 54.8 Å².